The van der Waals surface area contributed by atoms with E-state index in [4.69, 9.17) is 16.3 Å². The van der Waals surface area contributed by atoms with Crippen molar-refractivity contribution in [2.24, 2.45) is 0 Å². The average Bonchev–Trinajstić information content (AvgIpc) is 3.21. The summed E-state index contributed by atoms with van der Waals surface area (Å²) in [6.45, 7) is 3.99. The number of ether oxygens (including phenoxy) is 1. The van der Waals surface area contributed by atoms with Crippen LogP contribution in [0, 0.1) is 6.92 Å². The van der Waals surface area contributed by atoms with Crippen LogP contribution in [0.1, 0.15) is 44.1 Å². The summed E-state index contributed by atoms with van der Waals surface area (Å²) in [5, 5.41) is 4.34. The Balaban J connectivity index is 1.47. The molecule has 0 unspecified atom stereocenters. The average molecular weight is 282 g/mol. The van der Waals surface area contributed by atoms with Crippen LogP contribution in [0.15, 0.2) is 18.2 Å². The SMILES string of the molecule is Cc1cc(OCCCCCCNC2CC2)ccc1Cl. The molecule has 2 rings (SSSR count). The van der Waals surface area contributed by atoms with Gasteiger partial charge in [0.2, 0.25) is 0 Å². The van der Waals surface area contributed by atoms with E-state index >= 15 is 0 Å². The van der Waals surface area contributed by atoms with Gasteiger partial charge in [0.25, 0.3) is 0 Å². The quantitative estimate of drug-likeness (QED) is 0.680. The lowest BCUT2D eigenvalue weighted by atomic mass is 10.2. The summed E-state index contributed by atoms with van der Waals surface area (Å²) in [7, 11) is 0. The third kappa shape index (κ3) is 5.84. The highest BCUT2D eigenvalue weighted by atomic mass is 35.5. The maximum absolute atomic E-state index is 5.98. The smallest absolute Gasteiger partial charge is 0.119 e. The molecule has 3 heteroatoms. The second-order valence-electron chi connectivity index (χ2n) is 5.40. The number of hydrogen-bond acceptors (Lipinski definition) is 2. The Morgan fingerprint density at radius 1 is 1.21 bits per heavy atom. The fraction of sp³-hybridized carbons (Fsp3) is 0.625. The van der Waals surface area contributed by atoms with E-state index in [0.717, 1.165) is 35.4 Å². The van der Waals surface area contributed by atoms with Crippen LogP contribution in [0.25, 0.3) is 0 Å². The first kappa shape index (κ1) is 14.7. The van der Waals surface area contributed by atoms with Crippen molar-refractivity contribution < 1.29 is 4.74 Å². The van der Waals surface area contributed by atoms with Crippen molar-refractivity contribution in [2.45, 2.75) is 51.5 Å². The van der Waals surface area contributed by atoms with Crippen LogP contribution in [0.3, 0.4) is 0 Å². The van der Waals surface area contributed by atoms with Gasteiger partial charge in [-0.1, -0.05) is 24.4 Å². The van der Waals surface area contributed by atoms with E-state index in [2.05, 4.69) is 5.32 Å². The van der Waals surface area contributed by atoms with Crippen molar-refractivity contribution in [2.75, 3.05) is 13.2 Å². The summed E-state index contributed by atoms with van der Waals surface area (Å²) >= 11 is 5.98. The maximum Gasteiger partial charge on any atom is 0.119 e. The van der Waals surface area contributed by atoms with Gasteiger partial charge in [-0.2, -0.15) is 0 Å². The van der Waals surface area contributed by atoms with Gasteiger partial charge in [-0.3, -0.25) is 0 Å². The predicted octanol–water partition coefficient (Wildman–Crippen LogP) is 4.34. The third-order valence-corrected chi connectivity index (χ3v) is 3.90. The molecule has 19 heavy (non-hydrogen) atoms. The molecule has 0 bridgehead atoms. The second kappa shape index (κ2) is 7.76. The zero-order valence-corrected chi connectivity index (χ0v) is 12.5. The third-order valence-electron chi connectivity index (χ3n) is 3.48. The zero-order chi connectivity index (χ0) is 13.5. The Morgan fingerprint density at radius 3 is 2.74 bits per heavy atom. The zero-order valence-electron chi connectivity index (χ0n) is 11.8. The van der Waals surface area contributed by atoms with E-state index in [1.54, 1.807) is 0 Å². The highest BCUT2D eigenvalue weighted by molar-refractivity contribution is 6.31. The largest absolute Gasteiger partial charge is 0.494 e. The van der Waals surface area contributed by atoms with Crippen LogP contribution >= 0.6 is 11.6 Å². The molecule has 0 aliphatic heterocycles. The Bertz CT molecular complexity index is 390. The molecule has 1 aliphatic rings. The van der Waals surface area contributed by atoms with Crippen LogP contribution in [0.5, 0.6) is 5.75 Å². The van der Waals surface area contributed by atoms with Gasteiger partial charge in [-0.15, -0.1) is 0 Å². The van der Waals surface area contributed by atoms with E-state index in [1.165, 1.54) is 38.6 Å². The van der Waals surface area contributed by atoms with Gasteiger partial charge in [-0.25, -0.2) is 0 Å². The van der Waals surface area contributed by atoms with Gasteiger partial charge in [0, 0.05) is 11.1 Å². The molecule has 0 saturated heterocycles. The Hall–Kier alpha value is -0.730. The van der Waals surface area contributed by atoms with Crippen LogP contribution in [-0.2, 0) is 0 Å². The van der Waals surface area contributed by atoms with E-state index < -0.39 is 0 Å². The number of rotatable bonds is 9. The minimum absolute atomic E-state index is 0.801. The molecule has 0 aromatic heterocycles. The normalized spacial score (nSPS) is 14.6. The number of benzene rings is 1. The lowest BCUT2D eigenvalue weighted by molar-refractivity contribution is 0.304. The monoisotopic (exact) mass is 281 g/mol. The molecule has 1 aliphatic carbocycles. The Kier molecular flexibility index (Phi) is 5.99. The molecule has 106 valence electrons. The van der Waals surface area contributed by atoms with Gasteiger partial charge in [-0.05, 0) is 62.9 Å². The van der Waals surface area contributed by atoms with Crippen LogP contribution in [0.4, 0.5) is 0 Å². The second-order valence-corrected chi connectivity index (χ2v) is 5.81. The molecule has 1 N–H and O–H groups in total. The van der Waals surface area contributed by atoms with Gasteiger partial charge in [0.1, 0.15) is 5.75 Å². The fourth-order valence-electron chi connectivity index (χ4n) is 2.07. The first-order valence-electron chi connectivity index (χ1n) is 7.38. The Morgan fingerprint density at radius 2 is 2.00 bits per heavy atom. The van der Waals surface area contributed by atoms with Crippen molar-refractivity contribution in [3.05, 3.63) is 28.8 Å². The minimum atomic E-state index is 0.801. The molecule has 1 aromatic rings. The minimum Gasteiger partial charge on any atom is -0.494 e. The van der Waals surface area contributed by atoms with E-state index in [0.29, 0.717) is 0 Å². The van der Waals surface area contributed by atoms with E-state index in [1.807, 2.05) is 25.1 Å². The molecule has 0 amide bonds. The van der Waals surface area contributed by atoms with Gasteiger partial charge < -0.3 is 10.1 Å². The number of hydrogen-bond donors (Lipinski definition) is 1. The summed E-state index contributed by atoms with van der Waals surface area (Å²) in [5.41, 5.74) is 1.07. The van der Waals surface area contributed by atoms with Crippen molar-refractivity contribution in [3.8, 4) is 5.75 Å². The molecule has 0 radical (unpaired) electrons. The molecule has 1 fully saturated rings. The summed E-state index contributed by atoms with van der Waals surface area (Å²) in [6, 6.07) is 6.68. The number of nitrogens with one attached hydrogen (secondary N) is 1. The highest BCUT2D eigenvalue weighted by Gasteiger charge is 2.19. The molecule has 1 saturated carbocycles. The van der Waals surface area contributed by atoms with Crippen molar-refractivity contribution in [1.82, 2.24) is 5.32 Å². The first-order chi connectivity index (χ1) is 9.25. The molecular formula is C16H24ClNO. The van der Waals surface area contributed by atoms with Crippen LogP contribution < -0.4 is 10.1 Å². The molecule has 2 nitrogen and oxygen atoms in total. The van der Waals surface area contributed by atoms with Gasteiger partial charge in [0.05, 0.1) is 6.61 Å². The highest BCUT2D eigenvalue weighted by Crippen LogP contribution is 2.21. The first-order valence-corrected chi connectivity index (χ1v) is 7.76. The summed E-state index contributed by atoms with van der Waals surface area (Å²) in [6.07, 6.45) is 7.73. The summed E-state index contributed by atoms with van der Waals surface area (Å²) in [5.74, 6) is 0.928. The van der Waals surface area contributed by atoms with E-state index in [-0.39, 0.29) is 0 Å². The van der Waals surface area contributed by atoms with Crippen molar-refractivity contribution in [1.29, 1.82) is 0 Å². The Labute approximate surface area is 121 Å². The number of unbranched alkanes of at least 4 members (excludes halogenated alkanes) is 3. The van der Waals surface area contributed by atoms with E-state index in [9.17, 15) is 0 Å². The van der Waals surface area contributed by atoms with Gasteiger partial charge in [0.15, 0.2) is 0 Å². The molecule has 0 atom stereocenters. The lowest BCUT2D eigenvalue weighted by Crippen LogP contribution is -2.17. The van der Waals surface area contributed by atoms with Crippen molar-refractivity contribution >= 4 is 11.6 Å². The number of aryl methyl sites for hydroxylation is 1. The van der Waals surface area contributed by atoms with Crippen LogP contribution in [0.2, 0.25) is 5.02 Å². The maximum atomic E-state index is 5.98. The number of halogens is 1. The summed E-state index contributed by atoms with van der Waals surface area (Å²) in [4.78, 5) is 0. The lowest BCUT2D eigenvalue weighted by Gasteiger charge is -2.08. The summed E-state index contributed by atoms with van der Waals surface area (Å²) < 4.78 is 5.72. The topological polar surface area (TPSA) is 21.3 Å². The fourth-order valence-corrected chi connectivity index (χ4v) is 2.19. The predicted molar refractivity (Wildman–Crippen MR) is 81.2 cm³/mol. The molecule has 1 aromatic carbocycles. The molecular weight excluding hydrogens is 258 g/mol. The molecule has 0 heterocycles. The van der Waals surface area contributed by atoms with Crippen molar-refractivity contribution in [3.63, 3.8) is 0 Å². The van der Waals surface area contributed by atoms with Crippen LogP contribution in [-0.4, -0.2) is 19.2 Å². The standard InChI is InChI=1S/C16H24ClNO/c1-13-12-15(8-9-16(13)17)19-11-5-3-2-4-10-18-14-6-7-14/h8-9,12,14,18H,2-7,10-11H2,1H3. The van der Waals surface area contributed by atoms with Gasteiger partial charge >= 0.3 is 0 Å². The molecule has 0 spiro atoms.